The molecule has 1 amide bonds. The Bertz CT molecular complexity index is 968. The molecule has 30 heavy (non-hydrogen) atoms. The van der Waals surface area contributed by atoms with Crippen LogP contribution in [-0.4, -0.2) is 31.7 Å². The van der Waals surface area contributed by atoms with Crippen LogP contribution in [0.3, 0.4) is 0 Å². The molecule has 1 N–H and O–H groups in total. The number of hydrogen-bond donors (Lipinski definition) is 1. The van der Waals surface area contributed by atoms with E-state index in [9.17, 15) is 13.2 Å². The summed E-state index contributed by atoms with van der Waals surface area (Å²) in [6, 6.07) is 15.1. The Kier molecular flexibility index (Phi) is 7.55. The molecular formula is C23H29ClN2O3S. The lowest BCUT2D eigenvalue weighted by molar-refractivity contribution is -0.126. The smallest absolute Gasteiger partial charge is 0.223 e. The fraction of sp³-hybridized carbons (Fsp3) is 0.435. The van der Waals surface area contributed by atoms with Crippen LogP contribution in [0.4, 0.5) is 0 Å². The molecule has 1 fully saturated rings. The number of rotatable bonds is 7. The summed E-state index contributed by atoms with van der Waals surface area (Å²) in [7, 11) is -3.43. The van der Waals surface area contributed by atoms with Crippen LogP contribution in [0.2, 0.25) is 5.02 Å². The van der Waals surface area contributed by atoms with Crippen molar-refractivity contribution in [2.75, 3.05) is 13.1 Å². The Labute approximate surface area is 184 Å². The summed E-state index contributed by atoms with van der Waals surface area (Å²) in [5, 5.41) is 3.61. The van der Waals surface area contributed by atoms with Crippen LogP contribution < -0.4 is 5.32 Å². The SMILES string of the molecule is CCc1ccc([C@@H](C)NC(=O)C2CCN(S(=O)(=O)Cc3cccc(Cl)c3)CC2)cc1. The first-order chi connectivity index (χ1) is 14.3. The average Bonchev–Trinajstić information content (AvgIpc) is 2.73. The molecule has 3 rings (SSSR count). The van der Waals surface area contributed by atoms with Gasteiger partial charge in [0.05, 0.1) is 11.8 Å². The molecule has 1 aliphatic rings. The molecule has 0 spiro atoms. The highest BCUT2D eigenvalue weighted by molar-refractivity contribution is 7.88. The molecule has 0 aromatic heterocycles. The van der Waals surface area contributed by atoms with Crippen LogP contribution in [0.25, 0.3) is 0 Å². The van der Waals surface area contributed by atoms with E-state index in [1.807, 2.05) is 6.92 Å². The second-order valence-electron chi connectivity index (χ2n) is 7.88. The molecule has 2 aromatic rings. The zero-order chi connectivity index (χ0) is 21.7. The molecular weight excluding hydrogens is 420 g/mol. The van der Waals surface area contributed by atoms with Crippen molar-refractivity contribution in [1.82, 2.24) is 9.62 Å². The van der Waals surface area contributed by atoms with E-state index in [0.29, 0.717) is 36.5 Å². The third kappa shape index (κ3) is 5.84. The zero-order valence-electron chi connectivity index (χ0n) is 17.5. The van der Waals surface area contributed by atoms with E-state index >= 15 is 0 Å². The number of carbonyl (C=O) groups is 1. The molecule has 7 heteroatoms. The minimum atomic E-state index is -3.43. The standard InChI is InChI=1S/C23H29ClN2O3S/c1-3-18-7-9-20(10-8-18)17(2)25-23(27)21-11-13-26(14-12-21)30(28,29)16-19-5-4-6-22(24)15-19/h4-10,15,17,21H,3,11-14,16H2,1-2H3,(H,25,27)/t17-/m1/s1. The summed E-state index contributed by atoms with van der Waals surface area (Å²) in [6.45, 7) is 4.81. The van der Waals surface area contributed by atoms with E-state index in [1.165, 1.54) is 9.87 Å². The van der Waals surface area contributed by atoms with E-state index < -0.39 is 10.0 Å². The number of amides is 1. The quantitative estimate of drug-likeness (QED) is 0.685. The maximum atomic E-state index is 12.7. The highest BCUT2D eigenvalue weighted by Crippen LogP contribution is 2.24. The summed E-state index contributed by atoms with van der Waals surface area (Å²) in [4.78, 5) is 12.7. The fourth-order valence-electron chi connectivity index (χ4n) is 3.78. The van der Waals surface area contributed by atoms with Gasteiger partial charge in [0, 0.05) is 24.0 Å². The zero-order valence-corrected chi connectivity index (χ0v) is 19.0. The van der Waals surface area contributed by atoms with Crippen LogP contribution in [0, 0.1) is 5.92 Å². The van der Waals surface area contributed by atoms with Crippen molar-refractivity contribution in [1.29, 1.82) is 0 Å². The number of aryl methyl sites for hydroxylation is 1. The lowest BCUT2D eigenvalue weighted by atomic mass is 9.96. The Hall–Kier alpha value is -1.89. The van der Waals surface area contributed by atoms with E-state index in [0.717, 1.165) is 12.0 Å². The average molecular weight is 449 g/mol. The Morgan fingerprint density at radius 1 is 1.13 bits per heavy atom. The number of nitrogens with zero attached hydrogens (tertiary/aromatic N) is 1. The van der Waals surface area contributed by atoms with Crippen molar-refractivity contribution in [2.45, 2.75) is 44.9 Å². The van der Waals surface area contributed by atoms with Crippen LogP contribution in [0.5, 0.6) is 0 Å². The second kappa shape index (κ2) is 9.94. The minimum Gasteiger partial charge on any atom is -0.349 e. The molecule has 0 saturated carbocycles. The highest BCUT2D eigenvalue weighted by atomic mass is 35.5. The van der Waals surface area contributed by atoms with Crippen molar-refractivity contribution in [3.05, 3.63) is 70.2 Å². The maximum Gasteiger partial charge on any atom is 0.223 e. The largest absolute Gasteiger partial charge is 0.349 e. The molecule has 1 saturated heterocycles. The molecule has 162 valence electrons. The van der Waals surface area contributed by atoms with Gasteiger partial charge in [-0.2, -0.15) is 0 Å². The summed E-state index contributed by atoms with van der Waals surface area (Å²) >= 11 is 5.96. The van der Waals surface area contributed by atoms with Crippen molar-refractivity contribution in [2.24, 2.45) is 5.92 Å². The van der Waals surface area contributed by atoms with Gasteiger partial charge in [-0.15, -0.1) is 0 Å². The predicted octanol–water partition coefficient (Wildman–Crippen LogP) is 4.32. The fourth-order valence-corrected chi connectivity index (χ4v) is 5.54. The van der Waals surface area contributed by atoms with Gasteiger partial charge in [0.2, 0.25) is 15.9 Å². The van der Waals surface area contributed by atoms with Gasteiger partial charge in [-0.1, -0.05) is 54.9 Å². The lowest BCUT2D eigenvalue weighted by Gasteiger charge is -2.31. The van der Waals surface area contributed by atoms with Gasteiger partial charge in [0.25, 0.3) is 0 Å². The van der Waals surface area contributed by atoms with E-state index in [2.05, 4.69) is 36.5 Å². The number of piperidine rings is 1. The first-order valence-corrected chi connectivity index (χ1v) is 12.4. The number of carbonyl (C=O) groups excluding carboxylic acids is 1. The van der Waals surface area contributed by atoms with Crippen LogP contribution in [0.15, 0.2) is 48.5 Å². The monoisotopic (exact) mass is 448 g/mol. The Morgan fingerprint density at radius 2 is 1.80 bits per heavy atom. The van der Waals surface area contributed by atoms with Crippen molar-refractivity contribution < 1.29 is 13.2 Å². The molecule has 0 unspecified atom stereocenters. The number of halogens is 1. The van der Waals surface area contributed by atoms with Crippen LogP contribution >= 0.6 is 11.6 Å². The van der Waals surface area contributed by atoms with Crippen molar-refractivity contribution >= 4 is 27.5 Å². The second-order valence-corrected chi connectivity index (χ2v) is 10.3. The number of hydrogen-bond acceptors (Lipinski definition) is 3. The molecule has 0 radical (unpaired) electrons. The van der Waals surface area contributed by atoms with Gasteiger partial charge in [-0.25, -0.2) is 12.7 Å². The molecule has 0 aliphatic carbocycles. The summed E-state index contributed by atoms with van der Waals surface area (Å²) < 4.78 is 27.0. The van der Waals surface area contributed by atoms with Crippen molar-refractivity contribution in [3.63, 3.8) is 0 Å². The van der Waals surface area contributed by atoms with E-state index in [1.54, 1.807) is 24.3 Å². The maximum absolute atomic E-state index is 12.7. The van der Waals surface area contributed by atoms with Gasteiger partial charge in [0.1, 0.15) is 0 Å². The van der Waals surface area contributed by atoms with Crippen molar-refractivity contribution in [3.8, 4) is 0 Å². The number of nitrogens with one attached hydrogen (secondary N) is 1. The molecule has 0 bridgehead atoms. The van der Waals surface area contributed by atoms with Gasteiger partial charge >= 0.3 is 0 Å². The topological polar surface area (TPSA) is 66.5 Å². The minimum absolute atomic E-state index is 0.00560. The van der Waals surface area contributed by atoms with Gasteiger partial charge in [0.15, 0.2) is 0 Å². The summed E-state index contributed by atoms with van der Waals surface area (Å²) in [5.74, 6) is -0.246. The lowest BCUT2D eigenvalue weighted by Crippen LogP contribution is -2.43. The molecule has 2 aromatic carbocycles. The third-order valence-corrected chi connectivity index (χ3v) is 7.79. The van der Waals surface area contributed by atoms with Gasteiger partial charge in [-0.05, 0) is 55.0 Å². The van der Waals surface area contributed by atoms with Gasteiger partial charge < -0.3 is 5.32 Å². The Balaban J connectivity index is 1.53. The van der Waals surface area contributed by atoms with E-state index in [-0.39, 0.29) is 23.6 Å². The number of sulfonamides is 1. The number of benzene rings is 2. The van der Waals surface area contributed by atoms with Gasteiger partial charge in [-0.3, -0.25) is 4.79 Å². The normalized spacial score (nSPS) is 16.9. The molecule has 1 heterocycles. The summed E-state index contributed by atoms with van der Waals surface area (Å²) in [6.07, 6.45) is 2.05. The highest BCUT2D eigenvalue weighted by Gasteiger charge is 2.31. The first kappa shape index (κ1) is 22.8. The molecule has 1 aliphatic heterocycles. The third-order valence-electron chi connectivity index (χ3n) is 5.70. The van der Waals surface area contributed by atoms with Crippen LogP contribution in [-0.2, 0) is 27.0 Å². The van der Waals surface area contributed by atoms with E-state index in [4.69, 9.17) is 11.6 Å². The first-order valence-electron chi connectivity index (χ1n) is 10.4. The molecule has 5 nitrogen and oxygen atoms in total. The molecule has 1 atom stereocenters. The van der Waals surface area contributed by atoms with Crippen LogP contribution in [0.1, 0.15) is 49.4 Å². The summed E-state index contributed by atoms with van der Waals surface area (Å²) in [5.41, 5.74) is 3.01. The Morgan fingerprint density at radius 3 is 2.40 bits per heavy atom. The predicted molar refractivity (Wildman–Crippen MR) is 121 cm³/mol.